The van der Waals surface area contributed by atoms with Gasteiger partial charge in [0.05, 0.1) is 0 Å². The second-order valence-electron chi connectivity index (χ2n) is 6.49. The van der Waals surface area contributed by atoms with E-state index >= 15 is 0 Å². The number of benzene rings is 1. The van der Waals surface area contributed by atoms with Crippen molar-refractivity contribution in [3.05, 3.63) is 34.9 Å². The molecule has 0 amide bonds. The number of hydrogen-bond donors (Lipinski definition) is 1. The zero-order chi connectivity index (χ0) is 13.2. The van der Waals surface area contributed by atoms with Gasteiger partial charge in [-0.2, -0.15) is 0 Å². The molecule has 1 fully saturated rings. The quantitative estimate of drug-likeness (QED) is 0.877. The normalized spacial score (nSPS) is 28.1. The number of hydrogen-bond acceptors (Lipinski definition) is 2. The molecule has 2 aliphatic rings. The van der Waals surface area contributed by atoms with Crippen molar-refractivity contribution in [2.75, 3.05) is 13.1 Å². The second kappa shape index (κ2) is 5.64. The van der Waals surface area contributed by atoms with Gasteiger partial charge in [-0.25, -0.2) is 0 Å². The molecule has 2 aliphatic heterocycles. The predicted octanol–water partition coefficient (Wildman–Crippen LogP) is 2.95. The molecule has 2 heterocycles. The predicted molar refractivity (Wildman–Crippen MR) is 80.1 cm³/mol. The Morgan fingerprint density at radius 1 is 1.21 bits per heavy atom. The van der Waals surface area contributed by atoms with E-state index in [2.05, 4.69) is 42.3 Å². The van der Waals surface area contributed by atoms with Crippen LogP contribution in [0.5, 0.6) is 0 Å². The molecular weight excluding hydrogens is 232 g/mol. The highest BCUT2D eigenvalue weighted by molar-refractivity contribution is 5.33. The van der Waals surface area contributed by atoms with E-state index in [1.165, 1.54) is 36.9 Å². The van der Waals surface area contributed by atoms with E-state index in [-0.39, 0.29) is 0 Å². The number of likely N-dealkylation sites (tertiary alicyclic amines) is 1. The molecule has 1 aromatic carbocycles. The zero-order valence-corrected chi connectivity index (χ0v) is 12.3. The molecule has 1 N–H and O–H groups in total. The summed E-state index contributed by atoms with van der Waals surface area (Å²) in [5, 5.41) is 3.47. The zero-order valence-electron chi connectivity index (χ0n) is 12.3. The lowest BCUT2D eigenvalue weighted by Gasteiger charge is -2.37. The van der Waals surface area contributed by atoms with Crippen molar-refractivity contribution in [3.63, 3.8) is 0 Å². The molecule has 0 radical (unpaired) electrons. The standard InChI is InChI=1S/C17H26N2/c1-13-3-4-14(2)19(11-13)12-15-5-6-16-7-8-18-10-17(16)9-15/h5-6,9,13-14,18H,3-4,7-8,10-12H2,1-2H3. The van der Waals surface area contributed by atoms with Gasteiger partial charge in [0, 0.05) is 25.7 Å². The maximum atomic E-state index is 3.47. The highest BCUT2D eigenvalue weighted by Crippen LogP contribution is 2.24. The van der Waals surface area contributed by atoms with Crippen LogP contribution in [-0.4, -0.2) is 24.0 Å². The van der Waals surface area contributed by atoms with Crippen molar-refractivity contribution in [2.45, 2.75) is 52.2 Å². The van der Waals surface area contributed by atoms with E-state index < -0.39 is 0 Å². The fraction of sp³-hybridized carbons (Fsp3) is 0.647. The molecule has 0 spiro atoms. The second-order valence-corrected chi connectivity index (χ2v) is 6.49. The molecule has 2 nitrogen and oxygen atoms in total. The van der Waals surface area contributed by atoms with Gasteiger partial charge in [0.2, 0.25) is 0 Å². The fourth-order valence-corrected chi connectivity index (χ4v) is 3.47. The van der Waals surface area contributed by atoms with E-state index in [9.17, 15) is 0 Å². The highest BCUT2D eigenvalue weighted by atomic mass is 15.2. The minimum atomic E-state index is 0.741. The Morgan fingerprint density at radius 2 is 2.11 bits per heavy atom. The van der Waals surface area contributed by atoms with Gasteiger partial charge < -0.3 is 5.32 Å². The average Bonchev–Trinajstić information content (AvgIpc) is 2.43. The van der Waals surface area contributed by atoms with Gasteiger partial charge in [0.25, 0.3) is 0 Å². The van der Waals surface area contributed by atoms with Crippen LogP contribution in [0.2, 0.25) is 0 Å². The van der Waals surface area contributed by atoms with Crippen LogP contribution >= 0.6 is 0 Å². The molecule has 19 heavy (non-hydrogen) atoms. The van der Waals surface area contributed by atoms with Crippen LogP contribution < -0.4 is 5.32 Å². The lowest BCUT2D eigenvalue weighted by Crippen LogP contribution is -2.40. The molecule has 1 aromatic rings. The third-order valence-electron chi connectivity index (χ3n) is 4.79. The van der Waals surface area contributed by atoms with Gasteiger partial charge in [-0.15, -0.1) is 0 Å². The van der Waals surface area contributed by atoms with Gasteiger partial charge in [-0.3, -0.25) is 4.90 Å². The molecule has 2 unspecified atom stereocenters. The Labute approximate surface area is 117 Å². The van der Waals surface area contributed by atoms with Gasteiger partial charge in [0.15, 0.2) is 0 Å². The van der Waals surface area contributed by atoms with Crippen LogP contribution in [0.1, 0.15) is 43.4 Å². The number of piperidine rings is 1. The van der Waals surface area contributed by atoms with E-state index in [0.717, 1.165) is 31.6 Å². The first-order valence-electron chi connectivity index (χ1n) is 7.78. The minimum Gasteiger partial charge on any atom is -0.312 e. The van der Waals surface area contributed by atoms with Crippen LogP contribution in [0.15, 0.2) is 18.2 Å². The van der Waals surface area contributed by atoms with Crippen LogP contribution in [-0.2, 0) is 19.5 Å². The van der Waals surface area contributed by atoms with Crippen molar-refractivity contribution < 1.29 is 0 Å². The van der Waals surface area contributed by atoms with E-state index in [1.54, 1.807) is 5.56 Å². The first kappa shape index (κ1) is 13.1. The van der Waals surface area contributed by atoms with E-state index in [4.69, 9.17) is 0 Å². The van der Waals surface area contributed by atoms with E-state index in [0.29, 0.717) is 0 Å². The van der Waals surface area contributed by atoms with Crippen molar-refractivity contribution in [3.8, 4) is 0 Å². The molecular formula is C17H26N2. The van der Waals surface area contributed by atoms with Crippen LogP contribution in [0.25, 0.3) is 0 Å². The first-order valence-corrected chi connectivity index (χ1v) is 7.78. The number of nitrogens with zero attached hydrogens (tertiary/aromatic N) is 1. The summed E-state index contributed by atoms with van der Waals surface area (Å²) in [7, 11) is 0. The topological polar surface area (TPSA) is 15.3 Å². The number of rotatable bonds is 2. The number of fused-ring (bicyclic) bond motifs is 1. The third-order valence-corrected chi connectivity index (χ3v) is 4.79. The largest absolute Gasteiger partial charge is 0.312 e. The van der Waals surface area contributed by atoms with Crippen molar-refractivity contribution in [1.29, 1.82) is 0 Å². The van der Waals surface area contributed by atoms with Crippen LogP contribution in [0, 0.1) is 5.92 Å². The first-order chi connectivity index (χ1) is 9.22. The Bertz CT molecular complexity index is 441. The Kier molecular flexibility index (Phi) is 3.90. The molecule has 0 aliphatic carbocycles. The monoisotopic (exact) mass is 258 g/mol. The van der Waals surface area contributed by atoms with Crippen molar-refractivity contribution >= 4 is 0 Å². The summed E-state index contributed by atoms with van der Waals surface area (Å²) >= 11 is 0. The third kappa shape index (κ3) is 3.01. The summed E-state index contributed by atoms with van der Waals surface area (Å²) in [5.41, 5.74) is 4.55. The number of nitrogens with one attached hydrogen (secondary N) is 1. The van der Waals surface area contributed by atoms with Crippen molar-refractivity contribution in [1.82, 2.24) is 10.2 Å². The van der Waals surface area contributed by atoms with Crippen LogP contribution in [0.4, 0.5) is 0 Å². The fourth-order valence-electron chi connectivity index (χ4n) is 3.47. The summed E-state index contributed by atoms with van der Waals surface area (Å²) in [6.45, 7) is 9.33. The molecule has 2 atom stereocenters. The van der Waals surface area contributed by atoms with Gasteiger partial charge >= 0.3 is 0 Å². The van der Waals surface area contributed by atoms with Crippen LogP contribution in [0.3, 0.4) is 0 Å². The lowest BCUT2D eigenvalue weighted by molar-refractivity contribution is 0.117. The Hall–Kier alpha value is -0.860. The molecule has 1 saturated heterocycles. The smallest absolute Gasteiger partial charge is 0.0236 e. The average molecular weight is 258 g/mol. The molecule has 2 heteroatoms. The van der Waals surface area contributed by atoms with Gasteiger partial charge in [0.1, 0.15) is 0 Å². The summed E-state index contributed by atoms with van der Waals surface area (Å²) in [6, 6.07) is 7.86. The minimum absolute atomic E-state index is 0.741. The molecule has 0 bridgehead atoms. The maximum Gasteiger partial charge on any atom is 0.0236 e. The van der Waals surface area contributed by atoms with Gasteiger partial charge in [-0.05, 0) is 55.3 Å². The molecule has 3 rings (SSSR count). The molecule has 0 aromatic heterocycles. The Morgan fingerprint density at radius 3 is 3.00 bits per heavy atom. The highest BCUT2D eigenvalue weighted by Gasteiger charge is 2.23. The molecule has 104 valence electrons. The van der Waals surface area contributed by atoms with Gasteiger partial charge in [-0.1, -0.05) is 25.1 Å². The summed E-state index contributed by atoms with van der Waals surface area (Å²) < 4.78 is 0. The lowest BCUT2D eigenvalue weighted by atomic mass is 9.93. The summed E-state index contributed by atoms with van der Waals surface area (Å²) in [4.78, 5) is 2.66. The van der Waals surface area contributed by atoms with Crippen molar-refractivity contribution in [2.24, 2.45) is 5.92 Å². The molecule has 0 saturated carbocycles. The summed E-state index contributed by atoms with van der Waals surface area (Å²) in [5.74, 6) is 0.857. The maximum absolute atomic E-state index is 3.47. The SMILES string of the molecule is CC1CCC(C)N(Cc2ccc3c(c2)CNCC3)C1. The Balaban J connectivity index is 1.72. The summed E-state index contributed by atoms with van der Waals surface area (Å²) in [6.07, 6.45) is 3.94. The van der Waals surface area contributed by atoms with E-state index in [1.807, 2.05) is 0 Å².